The summed E-state index contributed by atoms with van der Waals surface area (Å²) in [6.07, 6.45) is 0. The molecule has 0 bridgehead atoms. The minimum absolute atomic E-state index is 0.00946. The summed E-state index contributed by atoms with van der Waals surface area (Å²) in [6, 6.07) is 16.8. The molecule has 3 nitrogen and oxygen atoms in total. The molecule has 0 saturated heterocycles. The zero-order valence-electron chi connectivity index (χ0n) is 12.0. The van der Waals surface area contributed by atoms with Crippen molar-refractivity contribution in [3.05, 3.63) is 76.3 Å². The average molecular weight is 312 g/mol. The van der Waals surface area contributed by atoms with Crippen LogP contribution in [0.4, 0.5) is 0 Å². The standard InChI is InChI=1S/C18H14ClNO2/c1-12-7-9-14(10-8-12)15-16(19)18(22)20(17(15)21)11-13-5-3-2-4-6-13/h2-10H,11H2,1H3. The molecule has 0 unspecified atom stereocenters. The van der Waals surface area contributed by atoms with E-state index >= 15 is 0 Å². The van der Waals surface area contributed by atoms with Gasteiger partial charge in [0.1, 0.15) is 5.03 Å². The van der Waals surface area contributed by atoms with Crippen LogP contribution in [0.1, 0.15) is 16.7 Å². The third kappa shape index (κ3) is 2.55. The molecule has 0 saturated carbocycles. The fraction of sp³-hybridized carbons (Fsp3) is 0.111. The van der Waals surface area contributed by atoms with Crippen LogP contribution in [-0.2, 0) is 16.1 Å². The van der Waals surface area contributed by atoms with Crippen LogP contribution in [-0.4, -0.2) is 16.7 Å². The lowest BCUT2D eigenvalue weighted by Crippen LogP contribution is -2.30. The van der Waals surface area contributed by atoms with Gasteiger partial charge in [-0.15, -0.1) is 0 Å². The van der Waals surface area contributed by atoms with Crippen LogP contribution in [0.15, 0.2) is 59.6 Å². The van der Waals surface area contributed by atoms with E-state index in [0.717, 1.165) is 11.1 Å². The van der Waals surface area contributed by atoms with Crippen molar-refractivity contribution in [2.45, 2.75) is 13.5 Å². The summed E-state index contributed by atoms with van der Waals surface area (Å²) in [6.45, 7) is 2.19. The number of benzene rings is 2. The highest BCUT2D eigenvalue weighted by molar-refractivity contribution is 6.55. The molecule has 2 aromatic rings. The van der Waals surface area contributed by atoms with Crippen molar-refractivity contribution in [1.82, 2.24) is 4.90 Å². The van der Waals surface area contributed by atoms with Gasteiger partial charge in [0.25, 0.3) is 11.8 Å². The largest absolute Gasteiger partial charge is 0.273 e. The van der Waals surface area contributed by atoms with Crippen LogP contribution < -0.4 is 0 Å². The van der Waals surface area contributed by atoms with Crippen molar-refractivity contribution in [3.63, 3.8) is 0 Å². The Morgan fingerprint density at radius 3 is 2.18 bits per heavy atom. The quantitative estimate of drug-likeness (QED) is 0.813. The second kappa shape index (κ2) is 5.78. The topological polar surface area (TPSA) is 37.4 Å². The van der Waals surface area contributed by atoms with Crippen LogP contribution in [0.2, 0.25) is 0 Å². The van der Waals surface area contributed by atoms with Gasteiger partial charge in [0.15, 0.2) is 0 Å². The summed E-state index contributed by atoms with van der Waals surface area (Å²) >= 11 is 6.13. The first-order chi connectivity index (χ1) is 10.6. The van der Waals surface area contributed by atoms with E-state index in [9.17, 15) is 9.59 Å². The summed E-state index contributed by atoms with van der Waals surface area (Å²) < 4.78 is 0. The van der Waals surface area contributed by atoms with Gasteiger partial charge < -0.3 is 0 Å². The number of carbonyl (C=O) groups is 2. The smallest absolute Gasteiger partial charge is 0.269 e. The molecule has 0 radical (unpaired) electrons. The van der Waals surface area contributed by atoms with E-state index in [1.807, 2.05) is 61.5 Å². The van der Waals surface area contributed by atoms with Gasteiger partial charge in [-0.25, -0.2) is 0 Å². The molecule has 1 aliphatic rings. The lowest BCUT2D eigenvalue weighted by atomic mass is 10.0. The van der Waals surface area contributed by atoms with Gasteiger partial charge in [-0.2, -0.15) is 0 Å². The monoisotopic (exact) mass is 311 g/mol. The average Bonchev–Trinajstić information content (AvgIpc) is 2.73. The van der Waals surface area contributed by atoms with E-state index in [4.69, 9.17) is 11.6 Å². The van der Waals surface area contributed by atoms with Crippen molar-refractivity contribution in [2.75, 3.05) is 0 Å². The van der Waals surface area contributed by atoms with E-state index in [1.165, 1.54) is 4.90 Å². The highest BCUT2D eigenvalue weighted by Gasteiger charge is 2.37. The van der Waals surface area contributed by atoms with Crippen LogP contribution in [0, 0.1) is 6.92 Å². The molecule has 110 valence electrons. The predicted molar refractivity (Wildman–Crippen MR) is 86.0 cm³/mol. The molecule has 3 rings (SSSR count). The normalized spacial score (nSPS) is 14.9. The molecule has 4 heteroatoms. The summed E-state index contributed by atoms with van der Waals surface area (Å²) in [4.78, 5) is 26.1. The Morgan fingerprint density at radius 1 is 0.909 bits per heavy atom. The van der Waals surface area contributed by atoms with Gasteiger partial charge in [0.2, 0.25) is 0 Å². The zero-order chi connectivity index (χ0) is 15.7. The van der Waals surface area contributed by atoms with Crippen molar-refractivity contribution in [1.29, 1.82) is 0 Å². The highest BCUT2D eigenvalue weighted by atomic mass is 35.5. The molecule has 0 atom stereocenters. The molecule has 22 heavy (non-hydrogen) atoms. The molecule has 0 fully saturated rings. The maximum atomic E-state index is 12.6. The third-order valence-electron chi connectivity index (χ3n) is 3.64. The predicted octanol–water partition coefficient (Wildman–Crippen LogP) is 3.51. The first kappa shape index (κ1) is 14.5. The Hall–Kier alpha value is -2.39. The SMILES string of the molecule is Cc1ccc(C2=C(Cl)C(=O)N(Cc3ccccc3)C2=O)cc1. The molecule has 0 N–H and O–H groups in total. The van der Waals surface area contributed by atoms with Crippen LogP contribution in [0.5, 0.6) is 0 Å². The number of rotatable bonds is 3. The van der Waals surface area contributed by atoms with E-state index in [0.29, 0.717) is 5.56 Å². The molecule has 1 heterocycles. The number of imide groups is 1. The van der Waals surface area contributed by atoms with E-state index in [-0.39, 0.29) is 23.1 Å². The number of hydrogen-bond acceptors (Lipinski definition) is 2. The summed E-state index contributed by atoms with van der Waals surface area (Å²) in [7, 11) is 0. The van der Waals surface area contributed by atoms with Crippen molar-refractivity contribution < 1.29 is 9.59 Å². The van der Waals surface area contributed by atoms with E-state index in [2.05, 4.69) is 0 Å². The number of hydrogen-bond donors (Lipinski definition) is 0. The number of aryl methyl sites for hydroxylation is 1. The van der Waals surface area contributed by atoms with Crippen molar-refractivity contribution >= 4 is 29.0 Å². The Labute approximate surface area is 133 Å². The lowest BCUT2D eigenvalue weighted by molar-refractivity contribution is -0.137. The minimum atomic E-state index is -0.439. The van der Waals surface area contributed by atoms with Gasteiger partial charge in [-0.05, 0) is 18.1 Å². The number of amides is 2. The molecule has 2 amide bonds. The zero-order valence-corrected chi connectivity index (χ0v) is 12.8. The fourth-order valence-corrected chi connectivity index (χ4v) is 2.72. The Kier molecular flexibility index (Phi) is 3.82. The number of halogens is 1. The molecule has 0 spiro atoms. The molecule has 0 aromatic heterocycles. The fourth-order valence-electron chi connectivity index (χ4n) is 2.43. The lowest BCUT2D eigenvalue weighted by Gasteiger charge is -2.14. The van der Waals surface area contributed by atoms with E-state index in [1.54, 1.807) is 0 Å². The first-order valence-corrected chi connectivity index (χ1v) is 7.32. The second-order valence-electron chi connectivity index (χ2n) is 5.24. The molecule has 2 aromatic carbocycles. The minimum Gasteiger partial charge on any atom is -0.269 e. The molecular formula is C18H14ClNO2. The summed E-state index contributed by atoms with van der Waals surface area (Å²) in [5.74, 6) is -0.784. The van der Waals surface area contributed by atoms with Gasteiger partial charge in [-0.1, -0.05) is 71.8 Å². The maximum Gasteiger partial charge on any atom is 0.273 e. The number of nitrogens with zero attached hydrogens (tertiary/aromatic N) is 1. The van der Waals surface area contributed by atoms with Crippen molar-refractivity contribution in [3.8, 4) is 0 Å². The van der Waals surface area contributed by atoms with Crippen LogP contribution in [0.25, 0.3) is 5.57 Å². The third-order valence-corrected chi connectivity index (χ3v) is 3.99. The van der Waals surface area contributed by atoms with Crippen LogP contribution >= 0.6 is 11.6 Å². The Bertz CT molecular complexity index is 763. The maximum absolute atomic E-state index is 12.6. The molecule has 0 aliphatic carbocycles. The second-order valence-corrected chi connectivity index (χ2v) is 5.62. The number of carbonyl (C=O) groups excluding carboxylic acids is 2. The molecular weight excluding hydrogens is 298 g/mol. The van der Waals surface area contributed by atoms with Gasteiger partial charge >= 0.3 is 0 Å². The Balaban J connectivity index is 1.92. The highest BCUT2D eigenvalue weighted by Crippen LogP contribution is 2.32. The van der Waals surface area contributed by atoms with Crippen LogP contribution in [0.3, 0.4) is 0 Å². The molecule has 1 aliphatic heterocycles. The van der Waals surface area contributed by atoms with Gasteiger partial charge in [0.05, 0.1) is 12.1 Å². The van der Waals surface area contributed by atoms with Gasteiger partial charge in [0, 0.05) is 0 Å². The van der Waals surface area contributed by atoms with E-state index < -0.39 is 5.91 Å². The van der Waals surface area contributed by atoms with Crippen molar-refractivity contribution in [2.24, 2.45) is 0 Å². The summed E-state index contributed by atoms with van der Waals surface area (Å²) in [5.41, 5.74) is 2.92. The first-order valence-electron chi connectivity index (χ1n) is 6.95. The summed E-state index contributed by atoms with van der Waals surface area (Å²) in [5, 5.41) is -0.00946. The van der Waals surface area contributed by atoms with Gasteiger partial charge in [-0.3, -0.25) is 14.5 Å². The Morgan fingerprint density at radius 2 is 1.55 bits per heavy atom.